The van der Waals surface area contributed by atoms with E-state index in [2.05, 4.69) is 16.1 Å². The van der Waals surface area contributed by atoms with Crippen LogP contribution in [0.15, 0.2) is 29.4 Å². The molecule has 2 rings (SSSR count). The van der Waals surface area contributed by atoms with E-state index in [4.69, 9.17) is 10.6 Å². The normalized spacial score (nSPS) is 17.0. The minimum Gasteiger partial charge on any atom is -0.381 e. The minimum atomic E-state index is -0.683. The Morgan fingerprint density at radius 2 is 1.71 bits per heavy atom. The fraction of sp³-hybridized carbons (Fsp3) is 0.636. The zero-order valence-corrected chi connectivity index (χ0v) is 18.0. The summed E-state index contributed by atoms with van der Waals surface area (Å²) in [6.07, 6.45) is 3.12. The lowest BCUT2D eigenvalue weighted by molar-refractivity contribution is -0.146. The lowest BCUT2D eigenvalue weighted by Gasteiger charge is -2.32. The maximum atomic E-state index is 12.7. The monoisotopic (exact) mass is 388 g/mol. The number of nitrogens with two attached hydrogens (primary N) is 1. The van der Waals surface area contributed by atoms with Gasteiger partial charge in [0.2, 0.25) is 6.10 Å². The predicted octanol–water partition coefficient (Wildman–Crippen LogP) is 3.34. The van der Waals surface area contributed by atoms with Crippen molar-refractivity contribution in [3.8, 4) is 0 Å². The van der Waals surface area contributed by atoms with Gasteiger partial charge in [-0.25, -0.2) is 0 Å². The molecule has 1 aliphatic heterocycles. The largest absolute Gasteiger partial charge is 0.381 e. The number of hydrogen-bond acceptors (Lipinski definition) is 4. The van der Waals surface area contributed by atoms with Crippen molar-refractivity contribution in [3.63, 3.8) is 0 Å². The molecule has 156 valence electrons. The molecule has 0 aromatic heterocycles. The van der Waals surface area contributed by atoms with Crippen molar-refractivity contribution in [1.82, 2.24) is 9.80 Å². The molecule has 1 fully saturated rings. The van der Waals surface area contributed by atoms with E-state index in [9.17, 15) is 4.79 Å². The van der Waals surface area contributed by atoms with Crippen LogP contribution in [0.2, 0.25) is 0 Å². The number of rotatable bonds is 8. The Hall–Kier alpha value is -2.08. The van der Waals surface area contributed by atoms with E-state index in [0.717, 1.165) is 30.8 Å². The van der Waals surface area contributed by atoms with Crippen LogP contribution in [0, 0.1) is 0 Å². The highest BCUT2D eigenvalue weighted by molar-refractivity contribution is 5.98. The summed E-state index contributed by atoms with van der Waals surface area (Å²) in [5.74, 6) is 0.232. The van der Waals surface area contributed by atoms with Crippen molar-refractivity contribution in [2.45, 2.75) is 78.6 Å². The van der Waals surface area contributed by atoms with E-state index < -0.39 is 6.10 Å². The van der Waals surface area contributed by atoms with E-state index in [1.54, 1.807) is 11.8 Å². The molecule has 0 spiro atoms. The third-order valence-corrected chi connectivity index (χ3v) is 5.16. The van der Waals surface area contributed by atoms with Gasteiger partial charge in [-0.1, -0.05) is 35.8 Å². The zero-order chi connectivity index (χ0) is 20.7. The summed E-state index contributed by atoms with van der Waals surface area (Å²) in [5.41, 5.74) is 8.24. The first-order valence-electron chi connectivity index (χ1n) is 10.4. The van der Waals surface area contributed by atoms with Gasteiger partial charge < -0.3 is 15.5 Å². The molecule has 0 bridgehead atoms. The van der Waals surface area contributed by atoms with Gasteiger partial charge in [0, 0.05) is 24.2 Å². The van der Waals surface area contributed by atoms with Gasteiger partial charge in [-0.15, -0.1) is 0 Å². The first-order valence-corrected chi connectivity index (χ1v) is 10.4. The van der Waals surface area contributed by atoms with Gasteiger partial charge in [0.25, 0.3) is 5.91 Å². The van der Waals surface area contributed by atoms with Crippen LogP contribution in [0.1, 0.15) is 65.0 Å². The van der Waals surface area contributed by atoms with Gasteiger partial charge >= 0.3 is 0 Å². The number of amides is 1. The van der Waals surface area contributed by atoms with Crippen molar-refractivity contribution in [2.24, 2.45) is 10.9 Å². The quantitative estimate of drug-likeness (QED) is 0.421. The molecule has 0 aliphatic carbocycles. The summed E-state index contributed by atoms with van der Waals surface area (Å²) >= 11 is 0. The first-order chi connectivity index (χ1) is 13.3. The lowest BCUT2D eigenvalue weighted by Crippen LogP contribution is -2.46. The predicted molar refractivity (Wildman–Crippen MR) is 114 cm³/mol. The SMILES string of the molecule is CC(O/N=C(/N)c1ccccc1CN1CCCCC1)C(=O)N(C(C)C)C(C)C. The van der Waals surface area contributed by atoms with Gasteiger partial charge in [-0.05, 0) is 66.1 Å². The first kappa shape index (κ1) is 22.2. The maximum absolute atomic E-state index is 12.7. The van der Waals surface area contributed by atoms with Crippen molar-refractivity contribution in [2.75, 3.05) is 13.1 Å². The molecule has 1 unspecified atom stereocenters. The number of nitrogens with zero attached hydrogens (tertiary/aromatic N) is 3. The highest BCUT2D eigenvalue weighted by Crippen LogP contribution is 2.16. The zero-order valence-electron chi connectivity index (χ0n) is 18.0. The Morgan fingerprint density at radius 1 is 1.11 bits per heavy atom. The van der Waals surface area contributed by atoms with Crippen LogP contribution in [0.3, 0.4) is 0 Å². The van der Waals surface area contributed by atoms with Crippen LogP contribution in [-0.2, 0) is 16.2 Å². The molecule has 0 radical (unpaired) electrons. The Kier molecular flexibility index (Phi) is 8.30. The molecule has 6 heteroatoms. The summed E-state index contributed by atoms with van der Waals surface area (Å²) in [6.45, 7) is 12.8. The molecular formula is C22H36N4O2. The summed E-state index contributed by atoms with van der Waals surface area (Å²) in [4.78, 5) is 22.4. The van der Waals surface area contributed by atoms with E-state index in [-0.39, 0.29) is 18.0 Å². The Labute approximate surface area is 169 Å². The van der Waals surface area contributed by atoms with E-state index >= 15 is 0 Å². The summed E-state index contributed by atoms with van der Waals surface area (Å²) in [5, 5.41) is 4.10. The number of hydrogen-bond donors (Lipinski definition) is 1. The number of amidine groups is 1. The lowest BCUT2D eigenvalue weighted by atomic mass is 10.0. The molecule has 6 nitrogen and oxygen atoms in total. The van der Waals surface area contributed by atoms with Crippen molar-refractivity contribution >= 4 is 11.7 Å². The van der Waals surface area contributed by atoms with Crippen LogP contribution in [0.5, 0.6) is 0 Å². The maximum Gasteiger partial charge on any atom is 0.266 e. The topological polar surface area (TPSA) is 71.2 Å². The second kappa shape index (κ2) is 10.5. The van der Waals surface area contributed by atoms with Gasteiger partial charge in [0.1, 0.15) is 0 Å². The van der Waals surface area contributed by atoms with Gasteiger partial charge in [0.15, 0.2) is 5.84 Å². The molecule has 28 heavy (non-hydrogen) atoms. The fourth-order valence-corrected chi connectivity index (χ4v) is 3.81. The minimum absolute atomic E-state index is 0.0804. The van der Waals surface area contributed by atoms with Crippen molar-refractivity contribution in [3.05, 3.63) is 35.4 Å². The Bertz CT molecular complexity index is 658. The standard InChI is InChI=1S/C22H36N4O2/c1-16(2)26(17(3)4)22(27)18(5)28-24-21(23)20-12-8-7-11-19(20)15-25-13-9-6-10-14-25/h7-8,11-12,16-18H,6,9-10,13-15H2,1-5H3,(H2,23,24). The number of benzene rings is 1. The number of likely N-dealkylation sites (tertiary alicyclic amines) is 1. The second-order valence-electron chi connectivity index (χ2n) is 8.15. The molecule has 2 N–H and O–H groups in total. The van der Waals surface area contributed by atoms with Crippen LogP contribution in [0.4, 0.5) is 0 Å². The summed E-state index contributed by atoms with van der Waals surface area (Å²) < 4.78 is 0. The smallest absolute Gasteiger partial charge is 0.266 e. The van der Waals surface area contributed by atoms with Crippen LogP contribution in [-0.4, -0.2) is 52.8 Å². The van der Waals surface area contributed by atoms with Crippen LogP contribution < -0.4 is 5.73 Å². The number of piperidine rings is 1. The average Bonchev–Trinajstić information content (AvgIpc) is 2.66. The van der Waals surface area contributed by atoms with E-state index in [1.165, 1.54) is 19.3 Å². The molecule has 1 saturated heterocycles. The molecule has 1 aliphatic rings. The highest BCUT2D eigenvalue weighted by atomic mass is 16.6. The van der Waals surface area contributed by atoms with Crippen molar-refractivity contribution < 1.29 is 9.63 Å². The molecule has 1 heterocycles. The molecule has 1 amide bonds. The van der Waals surface area contributed by atoms with Crippen LogP contribution >= 0.6 is 0 Å². The van der Waals surface area contributed by atoms with E-state index in [1.807, 2.05) is 45.9 Å². The van der Waals surface area contributed by atoms with Crippen molar-refractivity contribution in [1.29, 1.82) is 0 Å². The average molecular weight is 389 g/mol. The molecule has 0 saturated carbocycles. The van der Waals surface area contributed by atoms with Gasteiger partial charge in [-0.2, -0.15) is 0 Å². The van der Waals surface area contributed by atoms with Crippen LogP contribution in [0.25, 0.3) is 0 Å². The van der Waals surface area contributed by atoms with E-state index in [0.29, 0.717) is 5.84 Å². The van der Waals surface area contributed by atoms with Gasteiger partial charge in [0.05, 0.1) is 0 Å². The van der Waals surface area contributed by atoms with Gasteiger partial charge in [-0.3, -0.25) is 9.69 Å². The summed E-state index contributed by atoms with van der Waals surface area (Å²) in [6, 6.07) is 8.22. The molecule has 1 atom stereocenters. The fourth-order valence-electron chi connectivity index (χ4n) is 3.81. The third-order valence-electron chi connectivity index (χ3n) is 5.16. The highest BCUT2D eigenvalue weighted by Gasteiger charge is 2.26. The number of oxime groups is 1. The molecular weight excluding hydrogens is 352 g/mol. The second-order valence-corrected chi connectivity index (χ2v) is 8.15. The Morgan fingerprint density at radius 3 is 2.32 bits per heavy atom. The number of carbonyl (C=O) groups excluding carboxylic acids is 1. The molecule has 1 aromatic carbocycles. The third kappa shape index (κ3) is 5.96. The Balaban J connectivity index is 2.07. The number of carbonyl (C=O) groups is 1. The molecule has 1 aromatic rings. The summed E-state index contributed by atoms with van der Waals surface area (Å²) in [7, 11) is 0.